The van der Waals surface area contributed by atoms with Crippen LogP contribution in [0, 0.1) is 5.92 Å². The second kappa shape index (κ2) is 9.23. The number of anilines is 1. The highest BCUT2D eigenvalue weighted by atomic mass is 16.5. The van der Waals surface area contributed by atoms with Gasteiger partial charge in [0, 0.05) is 25.2 Å². The third-order valence-corrected chi connectivity index (χ3v) is 4.78. The maximum atomic E-state index is 12.4. The second-order valence-corrected chi connectivity index (χ2v) is 6.96. The topological polar surface area (TPSA) is 84.9 Å². The molecule has 0 aromatic heterocycles. The Hall–Kier alpha value is -3.35. The molecule has 1 aliphatic rings. The van der Waals surface area contributed by atoms with Gasteiger partial charge in [-0.2, -0.15) is 0 Å². The number of nitrogens with one attached hydrogen (secondary N) is 1. The molecule has 2 aromatic carbocycles. The van der Waals surface area contributed by atoms with E-state index >= 15 is 0 Å². The Morgan fingerprint density at radius 2 is 1.83 bits per heavy atom. The van der Waals surface area contributed by atoms with Crippen molar-refractivity contribution in [2.45, 2.75) is 26.0 Å². The zero-order chi connectivity index (χ0) is 20.8. The lowest BCUT2D eigenvalue weighted by Crippen LogP contribution is -2.33. The monoisotopic (exact) mass is 396 g/mol. The average molecular weight is 396 g/mol. The van der Waals surface area contributed by atoms with Crippen LogP contribution in [0.3, 0.4) is 0 Å². The van der Waals surface area contributed by atoms with E-state index in [9.17, 15) is 14.4 Å². The van der Waals surface area contributed by atoms with Gasteiger partial charge in [0.1, 0.15) is 5.75 Å². The summed E-state index contributed by atoms with van der Waals surface area (Å²) >= 11 is 0. The molecule has 2 aromatic rings. The Kier molecular flexibility index (Phi) is 6.49. The molecule has 0 unspecified atom stereocenters. The van der Waals surface area contributed by atoms with Crippen LogP contribution in [-0.4, -0.2) is 42.4 Å². The average Bonchev–Trinajstić information content (AvgIpc) is 3.09. The molecule has 0 spiro atoms. The van der Waals surface area contributed by atoms with E-state index in [0.29, 0.717) is 24.5 Å². The number of carbonyl (C=O) groups is 3. The van der Waals surface area contributed by atoms with Gasteiger partial charge in [0.25, 0.3) is 5.91 Å². The Morgan fingerprint density at radius 1 is 1.14 bits per heavy atom. The predicted octanol–water partition coefficient (Wildman–Crippen LogP) is 2.61. The van der Waals surface area contributed by atoms with Gasteiger partial charge in [-0.05, 0) is 36.8 Å². The van der Waals surface area contributed by atoms with Gasteiger partial charge in [0.15, 0.2) is 6.10 Å². The third-order valence-electron chi connectivity index (χ3n) is 4.78. The van der Waals surface area contributed by atoms with Gasteiger partial charge >= 0.3 is 5.97 Å². The first kappa shape index (κ1) is 20.4. The van der Waals surface area contributed by atoms with Crippen LogP contribution in [0.4, 0.5) is 5.69 Å². The van der Waals surface area contributed by atoms with E-state index in [1.54, 1.807) is 36.3 Å². The number of hydrogen-bond donors (Lipinski definition) is 1. The molecule has 2 amide bonds. The minimum atomic E-state index is -0.970. The summed E-state index contributed by atoms with van der Waals surface area (Å²) in [4.78, 5) is 38.6. The number of carbonyl (C=O) groups excluding carboxylic acids is 3. The van der Waals surface area contributed by atoms with Crippen molar-refractivity contribution in [1.82, 2.24) is 4.90 Å². The number of nitrogens with zero attached hydrogens (tertiary/aromatic N) is 1. The van der Waals surface area contributed by atoms with Crippen molar-refractivity contribution in [1.29, 1.82) is 0 Å². The van der Waals surface area contributed by atoms with Gasteiger partial charge in [0.2, 0.25) is 5.91 Å². The van der Waals surface area contributed by atoms with E-state index in [1.165, 1.54) is 6.92 Å². The number of ether oxygens (including phenoxy) is 2. The number of benzene rings is 2. The maximum Gasteiger partial charge on any atom is 0.312 e. The minimum Gasteiger partial charge on any atom is -0.497 e. The van der Waals surface area contributed by atoms with Crippen LogP contribution in [-0.2, 0) is 25.7 Å². The van der Waals surface area contributed by atoms with E-state index < -0.39 is 23.9 Å². The summed E-state index contributed by atoms with van der Waals surface area (Å²) in [5.74, 6) is -0.956. The quantitative estimate of drug-likeness (QED) is 0.728. The lowest BCUT2D eigenvalue weighted by atomic mass is 10.1. The molecular formula is C22H24N2O5. The van der Waals surface area contributed by atoms with E-state index in [2.05, 4.69) is 5.32 Å². The minimum absolute atomic E-state index is 0.0915. The van der Waals surface area contributed by atoms with Gasteiger partial charge < -0.3 is 19.7 Å². The van der Waals surface area contributed by atoms with Crippen molar-refractivity contribution in [3.8, 4) is 5.75 Å². The highest BCUT2D eigenvalue weighted by Crippen LogP contribution is 2.22. The Bertz CT molecular complexity index is 867. The zero-order valence-electron chi connectivity index (χ0n) is 16.5. The van der Waals surface area contributed by atoms with Crippen LogP contribution in [0.15, 0.2) is 54.6 Å². The largest absolute Gasteiger partial charge is 0.497 e. The van der Waals surface area contributed by atoms with Crippen LogP contribution < -0.4 is 10.1 Å². The first-order chi connectivity index (χ1) is 14.0. The number of esters is 1. The summed E-state index contributed by atoms with van der Waals surface area (Å²) in [6.07, 6.45) is -0.874. The first-order valence-electron chi connectivity index (χ1n) is 9.43. The summed E-state index contributed by atoms with van der Waals surface area (Å²) in [6, 6.07) is 16.4. The van der Waals surface area contributed by atoms with E-state index in [1.807, 2.05) is 30.3 Å². The summed E-state index contributed by atoms with van der Waals surface area (Å²) in [7, 11) is 1.56. The van der Waals surface area contributed by atoms with Crippen LogP contribution in [0.2, 0.25) is 0 Å². The molecule has 1 fully saturated rings. The summed E-state index contributed by atoms with van der Waals surface area (Å²) in [6.45, 7) is 2.26. The van der Waals surface area contributed by atoms with Crippen molar-refractivity contribution in [2.75, 3.05) is 19.0 Å². The molecule has 0 radical (unpaired) electrons. The SMILES string of the molecule is COc1ccc(NC(=O)[C@H](C)OC(=O)[C@@H]2CC(=O)N(Cc3ccccc3)C2)cc1. The second-order valence-electron chi connectivity index (χ2n) is 6.96. The summed E-state index contributed by atoms with van der Waals surface area (Å²) < 4.78 is 10.4. The van der Waals surface area contributed by atoms with Crippen LogP contribution in [0.25, 0.3) is 0 Å². The van der Waals surface area contributed by atoms with E-state index in [-0.39, 0.29) is 12.3 Å². The van der Waals surface area contributed by atoms with Crippen molar-refractivity contribution in [3.05, 3.63) is 60.2 Å². The molecule has 29 heavy (non-hydrogen) atoms. The molecule has 152 valence electrons. The first-order valence-corrected chi connectivity index (χ1v) is 9.43. The van der Waals surface area contributed by atoms with Crippen molar-refractivity contribution >= 4 is 23.5 Å². The Labute approximate surface area is 169 Å². The smallest absolute Gasteiger partial charge is 0.312 e. The molecule has 2 atom stereocenters. The fourth-order valence-electron chi connectivity index (χ4n) is 3.13. The summed E-state index contributed by atoms with van der Waals surface area (Å²) in [5.41, 5.74) is 1.57. The zero-order valence-corrected chi connectivity index (χ0v) is 16.5. The fraction of sp³-hybridized carbons (Fsp3) is 0.318. The number of likely N-dealkylation sites (tertiary alicyclic amines) is 1. The lowest BCUT2D eigenvalue weighted by molar-refractivity contribution is -0.157. The molecule has 0 aliphatic carbocycles. The fourth-order valence-corrected chi connectivity index (χ4v) is 3.13. The van der Waals surface area contributed by atoms with Crippen molar-refractivity contribution in [3.63, 3.8) is 0 Å². The Balaban J connectivity index is 1.51. The highest BCUT2D eigenvalue weighted by molar-refractivity contribution is 5.95. The number of hydrogen-bond acceptors (Lipinski definition) is 5. The molecule has 1 aliphatic heterocycles. The molecule has 7 nitrogen and oxygen atoms in total. The van der Waals surface area contributed by atoms with Crippen LogP contribution >= 0.6 is 0 Å². The molecule has 1 N–H and O–H groups in total. The van der Waals surface area contributed by atoms with Crippen LogP contribution in [0.1, 0.15) is 18.9 Å². The molecular weight excluding hydrogens is 372 g/mol. The Morgan fingerprint density at radius 3 is 2.48 bits per heavy atom. The number of amides is 2. The predicted molar refractivity (Wildman–Crippen MR) is 107 cm³/mol. The van der Waals surface area contributed by atoms with Gasteiger partial charge in [-0.1, -0.05) is 30.3 Å². The molecule has 1 saturated heterocycles. The molecule has 0 saturated carbocycles. The maximum absolute atomic E-state index is 12.4. The lowest BCUT2D eigenvalue weighted by Gasteiger charge is -2.18. The standard InChI is InChI=1S/C22H24N2O5/c1-15(21(26)23-18-8-10-19(28-2)11-9-18)29-22(27)17-12-20(25)24(14-17)13-16-6-4-3-5-7-16/h3-11,15,17H,12-14H2,1-2H3,(H,23,26)/t15-,17+/m0/s1. The van der Waals surface area contributed by atoms with Crippen molar-refractivity contribution in [2.24, 2.45) is 5.92 Å². The number of rotatable bonds is 7. The van der Waals surface area contributed by atoms with Crippen LogP contribution in [0.5, 0.6) is 5.75 Å². The van der Waals surface area contributed by atoms with Crippen molar-refractivity contribution < 1.29 is 23.9 Å². The van der Waals surface area contributed by atoms with Gasteiger partial charge in [-0.25, -0.2) is 0 Å². The third kappa shape index (κ3) is 5.34. The number of methoxy groups -OCH3 is 1. The van der Waals surface area contributed by atoms with Gasteiger partial charge in [-0.15, -0.1) is 0 Å². The van der Waals surface area contributed by atoms with E-state index in [0.717, 1.165) is 5.56 Å². The molecule has 0 bridgehead atoms. The highest BCUT2D eigenvalue weighted by Gasteiger charge is 2.36. The molecule has 3 rings (SSSR count). The van der Waals surface area contributed by atoms with E-state index in [4.69, 9.17) is 9.47 Å². The van der Waals surface area contributed by atoms with Gasteiger partial charge in [0.05, 0.1) is 13.0 Å². The normalized spacial score (nSPS) is 17.0. The van der Waals surface area contributed by atoms with Gasteiger partial charge in [-0.3, -0.25) is 14.4 Å². The summed E-state index contributed by atoms with van der Waals surface area (Å²) in [5, 5.41) is 2.69. The molecule has 7 heteroatoms. The molecule has 1 heterocycles.